The first-order valence-electron chi connectivity index (χ1n) is 11.3. The summed E-state index contributed by atoms with van der Waals surface area (Å²) in [5, 5.41) is 12.2. The third-order valence-corrected chi connectivity index (χ3v) is 5.45. The molecule has 0 saturated carbocycles. The zero-order chi connectivity index (χ0) is 24.1. The molecule has 0 atom stereocenters. The number of rotatable bonds is 5. The number of piperazine rings is 1. The maximum atomic E-state index is 12.2. The summed E-state index contributed by atoms with van der Waals surface area (Å²) >= 11 is 0. The molecule has 1 aliphatic rings. The van der Waals surface area contributed by atoms with E-state index in [4.69, 9.17) is 14.4 Å². The van der Waals surface area contributed by atoms with Gasteiger partial charge in [-0.05, 0) is 69.3 Å². The molecule has 1 amide bonds. The third kappa shape index (κ3) is 5.87. The Hall–Kier alpha value is -3.99. The van der Waals surface area contributed by atoms with Gasteiger partial charge in [0.25, 0.3) is 0 Å². The van der Waals surface area contributed by atoms with Crippen molar-refractivity contribution in [3.8, 4) is 17.4 Å². The van der Waals surface area contributed by atoms with Gasteiger partial charge >= 0.3 is 6.09 Å². The van der Waals surface area contributed by atoms with Crippen LogP contribution in [-0.4, -0.2) is 47.8 Å². The minimum atomic E-state index is -0.484. The summed E-state index contributed by atoms with van der Waals surface area (Å²) in [4.78, 5) is 20.7. The van der Waals surface area contributed by atoms with E-state index >= 15 is 0 Å². The second-order valence-corrected chi connectivity index (χ2v) is 9.16. The number of carbonyl (C=O) groups excluding carboxylic acids is 1. The van der Waals surface area contributed by atoms with Crippen molar-refractivity contribution in [3.63, 3.8) is 0 Å². The summed E-state index contributed by atoms with van der Waals surface area (Å²) in [5.41, 5.74) is 2.09. The molecule has 8 heteroatoms. The van der Waals surface area contributed by atoms with Gasteiger partial charge in [0.15, 0.2) is 0 Å². The number of aromatic nitrogens is 1. The Morgan fingerprint density at radius 3 is 2.44 bits per heavy atom. The summed E-state index contributed by atoms with van der Waals surface area (Å²) in [5.74, 6) is 2.31. The van der Waals surface area contributed by atoms with Gasteiger partial charge in [-0.1, -0.05) is 0 Å². The van der Waals surface area contributed by atoms with Crippen molar-refractivity contribution in [2.75, 3.05) is 36.4 Å². The SMILES string of the molecule is CC(C)(C)OC(=O)N1CCN(c2ccc(NCc3ccc(-c4ccc(C#N)cc4)o3)nc2)CC1. The molecule has 0 unspecified atom stereocenters. The highest BCUT2D eigenvalue weighted by Crippen LogP contribution is 2.23. The third-order valence-electron chi connectivity index (χ3n) is 5.45. The standard InChI is InChI=1S/C26H29N5O3/c1-26(2,3)34-25(32)31-14-12-30(13-15-31)21-8-11-24(28-17-21)29-18-22-9-10-23(33-22)20-6-4-19(16-27)5-7-20/h4-11,17H,12-15,18H2,1-3H3,(H,28,29). The maximum Gasteiger partial charge on any atom is 0.410 e. The Kier molecular flexibility index (Phi) is 6.73. The van der Waals surface area contributed by atoms with Crippen LogP contribution >= 0.6 is 0 Å². The van der Waals surface area contributed by atoms with Crippen molar-refractivity contribution in [1.82, 2.24) is 9.88 Å². The van der Waals surface area contributed by atoms with Crippen LogP contribution in [-0.2, 0) is 11.3 Å². The number of hydrogen-bond donors (Lipinski definition) is 1. The minimum absolute atomic E-state index is 0.259. The molecule has 0 radical (unpaired) electrons. The topological polar surface area (TPSA) is 94.6 Å². The predicted molar refractivity (Wildman–Crippen MR) is 130 cm³/mol. The average molecular weight is 460 g/mol. The molecule has 0 aliphatic carbocycles. The van der Waals surface area contributed by atoms with E-state index in [1.165, 1.54) is 0 Å². The maximum absolute atomic E-state index is 12.2. The predicted octanol–water partition coefficient (Wildman–Crippen LogP) is 4.88. The lowest BCUT2D eigenvalue weighted by molar-refractivity contribution is 0.0240. The molecule has 1 fully saturated rings. The number of nitriles is 1. The zero-order valence-electron chi connectivity index (χ0n) is 19.7. The van der Waals surface area contributed by atoms with Crippen LogP contribution in [0.15, 0.2) is 59.1 Å². The first-order valence-corrected chi connectivity index (χ1v) is 11.3. The van der Waals surface area contributed by atoms with Crippen molar-refractivity contribution < 1.29 is 13.9 Å². The first-order chi connectivity index (χ1) is 16.3. The average Bonchev–Trinajstić information content (AvgIpc) is 3.31. The number of amides is 1. The lowest BCUT2D eigenvalue weighted by Crippen LogP contribution is -2.50. The van der Waals surface area contributed by atoms with Gasteiger partial charge in [-0.2, -0.15) is 5.26 Å². The number of anilines is 2. The number of nitrogens with zero attached hydrogens (tertiary/aromatic N) is 4. The molecule has 4 rings (SSSR count). The van der Waals surface area contributed by atoms with Gasteiger partial charge in [0, 0.05) is 31.7 Å². The molecule has 3 heterocycles. The van der Waals surface area contributed by atoms with Crippen LogP contribution in [0.2, 0.25) is 0 Å². The number of benzene rings is 1. The van der Waals surface area contributed by atoms with Crippen LogP contribution in [0.4, 0.5) is 16.3 Å². The fraction of sp³-hybridized carbons (Fsp3) is 0.346. The molecule has 1 saturated heterocycles. The van der Waals surface area contributed by atoms with Crippen LogP contribution in [0.1, 0.15) is 32.1 Å². The van der Waals surface area contributed by atoms with Crippen LogP contribution in [0.5, 0.6) is 0 Å². The van der Waals surface area contributed by atoms with Crippen molar-refractivity contribution in [2.24, 2.45) is 0 Å². The van der Waals surface area contributed by atoms with E-state index in [0.717, 1.165) is 41.7 Å². The molecule has 1 aromatic carbocycles. The van der Waals surface area contributed by atoms with Gasteiger partial charge in [0.1, 0.15) is 22.9 Å². The highest BCUT2D eigenvalue weighted by Gasteiger charge is 2.26. The van der Waals surface area contributed by atoms with E-state index in [2.05, 4.69) is 21.3 Å². The molecule has 1 N–H and O–H groups in total. The Balaban J connectivity index is 1.27. The molecule has 0 spiro atoms. The fourth-order valence-corrected chi connectivity index (χ4v) is 3.67. The van der Waals surface area contributed by atoms with E-state index in [0.29, 0.717) is 25.2 Å². The van der Waals surface area contributed by atoms with Gasteiger partial charge in [-0.3, -0.25) is 0 Å². The molecular formula is C26H29N5O3. The molecule has 2 aromatic heterocycles. The first kappa shape index (κ1) is 23.2. The van der Waals surface area contributed by atoms with Crippen molar-refractivity contribution >= 4 is 17.6 Å². The number of carbonyl (C=O) groups is 1. The number of pyridine rings is 1. The monoisotopic (exact) mass is 459 g/mol. The second-order valence-electron chi connectivity index (χ2n) is 9.16. The molecular weight excluding hydrogens is 430 g/mol. The lowest BCUT2D eigenvalue weighted by Gasteiger charge is -2.36. The van der Waals surface area contributed by atoms with Gasteiger partial charge < -0.3 is 24.3 Å². The molecule has 3 aromatic rings. The Labute approximate surface area is 199 Å². The van der Waals surface area contributed by atoms with E-state index in [-0.39, 0.29) is 6.09 Å². The van der Waals surface area contributed by atoms with Crippen LogP contribution < -0.4 is 10.2 Å². The Morgan fingerprint density at radius 1 is 1.09 bits per heavy atom. The fourth-order valence-electron chi connectivity index (χ4n) is 3.67. The Morgan fingerprint density at radius 2 is 1.82 bits per heavy atom. The summed E-state index contributed by atoms with van der Waals surface area (Å²) in [6.07, 6.45) is 1.58. The zero-order valence-corrected chi connectivity index (χ0v) is 19.7. The number of furan rings is 1. The van der Waals surface area contributed by atoms with Crippen molar-refractivity contribution in [1.29, 1.82) is 5.26 Å². The van der Waals surface area contributed by atoms with Gasteiger partial charge in [-0.25, -0.2) is 9.78 Å². The Bertz CT molecular complexity index is 1150. The van der Waals surface area contributed by atoms with Crippen molar-refractivity contribution in [2.45, 2.75) is 32.9 Å². The highest BCUT2D eigenvalue weighted by molar-refractivity contribution is 5.68. The highest BCUT2D eigenvalue weighted by atomic mass is 16.6. The molecule has 1 aliphatic heterocycles. The van der Waals surface area contributed by atoms with Gasteiger partial charge in [0.2, 0.25) is 0 Å². The van der Waals surface area contributed by atoms with E-state index in [1.54, 1.807) is 17.0 Å². The van der Waals surface area contributed by atoms with Crippen LogP contribution in [0.3, 0.4) is 0 Å². The minimum Gasteiger partial charge on any atom is -0.459 e. The summed E-state index contributed by atoms with van der Waals surface area (Å²) < 4.78 is 11.4. The smallest absolute Gasteiger partial charge is 0.410 e. The summed E-state index contributed by atoms with van der Waals surface area (Å²) in [6.45, 7) is 8.85. The van der Waals surface area contributed by atoms with Gasteiger partial charge in [0.05, 0.1) is 30.1 Å². The molecule has 34 heavy (non-hydrogen) atoms. The quantitative estimate of drug-likeness (QED) is 0.581. The van der Waals surface area contributed by atoms with Crippen LogP contribution in [0, 0.1) is 11.3 Å². The molecule has 0 bridgehead atoms. The normalized spacial score (nSPS) is 13.9. The molecule has 8 nitrogen and oxygen atoms in total. The summed E-state index contributed by atoms with van der Waals surface area (Å²) in [7, 11) is 0. The number of hydrogen-bond acceptors (Lipinski definition) is 7. The number of nitrogens with one attached hydrogen (secondary N) is 1. The van der Waals surface area contributed by atoms with Crippen molar-refractivity contribution in [3.05, 3.63) is 66.1 Å². The molecule has 176 valence electrons. The van der Waals surface area contributed by atoms with E-state index in [9.17, 15) is 4.79 Å². The van der Waals surface area contributed by atoms with Gasteiger partial charge in [-0.15, -0.1) is 0 Å². The summed E-state index contributed by atoms with van der Waals surface area (Å²) in [6, 6.07) is 17.3. The van der Waals surface area contributed by atoms with E-state index in [1.807, 2.05) is 63.4 Å². The number of ether oxygens (including phenoxy) is 1. The lowest BCUT2D eigenvalue weighted by atomic mass is 10.1. The van der Waals surface area contributed by atoms with Crippen LogP contribution in [0.25, 0.3) is 11.3 Å². The van der Waals surface area contributed by atoms with E-state index < -0.39 is 5.60 Å². The second kappa shape index (κ2) is 9.87. The largest absolute Gasteiger partial charge is 0.459 e.